The van der Waals surface area contributed by atoms with Crippen LogP contribution in [-0.2, 0) is 9.59 Å². The number of anilines is 1. The van der Waals surface area contributed by atoms with Crippen molar-refractivity contribution in [3.8, 4) is 0 Å². The summed E-state index contributed by atoms with van der Waals surface area (Å²) in [5.41, 5.74) is 5.73. The van der Waals surface area contributed by atoms with Crippen LogP contribution in [0.2, 0.25) is 10.0 Å². The van der Waals surface area contributed by atoms with Gasteiger partial charge in [0.05, 0.1) is 23.3 Å². The molecule has 1 aromatic carbocycles. The molecule has 0 aliphatic heterocycles. The quantitative estimate of drug-likeness (QED) is 0.789. The van der Waals surface area contributed by atoms with Crippen LogP contribution in [-0.4, -0.2) is 24.4 Å². The molecule has 5 nitrogen and oxygen atoms in total. The molecule has 106 valence electrons. The van der Waals surface area contributed by atoms with Crippen molar-refractivity contribution in [2.24, 2.45) is 5.73 Å². The van der Waals surface area contributed by atoms with Crippen LogP contribution >= 0.6 is 35.6 Å². The maximum absolute atomic E-state index is 11.5. The third kappa shape index (κ3) is 6.11. The average Bonchev–Trinajstić information content (AvgIpc) is 2.30. The summed E-state index contributed by atoms with van der Waals surface area (Å²) in [6, 6.07) is 4.04. The molecule has 0 heterocycles. The summed E-state index contributed by atoms with van der Waals surface area (Å²) in [5.74, 6) is -0.810. The maximum Gasteiger partial charge on any atom is 0.243 e. The lowest BCUT2D eigenvalue weighted by atomic mass is 10.3. The minimum Gasteiger partial charge on any atom is -0.346 e. The van der Waals surface area contributed by atoms with Crippen molar-refractivity contribution in [1.82, 2.24) is 5.32 Å². The number of nitrogens with two attached hydrogens (primary N) is 1. The lowest BCUT2D eigenvalue weighted by Crippen LogP contribution is -2.41. The third-order valence-electron chi connectivity index (χ3n) is 2.04. The average molecular weight is 327 g/mol. The minimum absolute atomic E-state index is 0. The molecule has 19 heavy (non-hydrogen) atoms. The van der Waals surface area contributed by atoms with E-state index in [0.29, 0.717) is 15.7 Å². The highest BCUT2D eigenvalue weighted by atomic mass is 35.5. The summed E-state index contributed by atoms with van der Waals surface area (Å²) in [4.78, 5) is 22.7. The Morgan fingerprint density at radius 3 is 2.58 bits per heavy atom. The smallest absolute Gasteiger partial charge is 0.243 e. The number of halogens is 3. The molecule has 1 aromatic rings. The number of nitrogens with one attached hydrogen (secondary N) is 2. The first kappa shape index (κ1) is 18.0. The molecule has 0 unspecified atom stereocenters. The largest absolute Gasteiger partial charge is 0.346 e. The minimum atomic E-state index is -0.660. The fraction of sp³-hybridized carbons (Fsp3) is 0.273. The van der Waals surface area contributed by atoms with Gasteiger partial charge >= 0.3 is 0 Å². The number of carbonyl (C=O) groups excluding carboxylic acids is 2. The second-order valence-electron chi connectivity index (χ2n) is 3.68. The summed E-state index contributed by atoms with van der Waals surface area (Å²) in [7, 11) is 0. The molecule has 0 saturated carbocycles. The van der Waals surface area contributed by atoms with Crippen molar-refractivity contribution < 1.29 is 9.59 Å². The Balaban J connectivity index is 0.00000324. The molecule has 1 atom stereocenters. The fourth-order valence-electron chi connectivity index (χ4n) is 1.12. The van der Waals surface area contributed by atoms with Gasteiger partial charge in [-0.3, -0.25) is 9.59 Å². The van der Waals surface area contributed by atoms with Crippen molar-refractivity contribution in [2.75, 3.05) is 11.9 Å². The predicted molar refractivity (Wildman–Crippen MR) is 79.0 cm³/mol. The van der Waals surface area contributed by atoms with E-state index in [4.69, 9.17) is 28.9 Å². The van der Waals surface area contributed by atoms with Crippen LogP contribution in [0.1, 0.15) is 6.92 Å². The van der Waals surface area contributed by atoms with Gasteiger partial charge in [-0.25, -0.2) is 0 Å². The van der Waals surface area contributed by atoms with Gasteiger partial charge in [0.2, 0.25) is 11.8 Å². The molecule has 0 fully saturated rings. The first-order valence-electron chi connectivity index (χ1n) is 5.18. The maximum atomic E-state index is 11.5. The standard InChI is InChI=1S/C11H13Cl2N3O2.ClH/c1-6(14)11(18)15-5-10(17)16-9-4-7(12)2-3-8(9)13;/h2-4,6H,5,14H2,1H3,(H,15,18)(H,16,17);1H/t6-;/m0./s1. The van der Waals surface area contributed by atoms with Crippen molar-refractivity contribution in [2.45, 2.75) is 13.0 Å². The molecule has 0 aromatic heterocycles. The zero-order valence-electron chi connectivity index (χ0n) is 10.1. The topological polar surface area (TPSA) is 84.2 Å². The highest BCUT2D eigenvalue weighted by Crippen LogP contribution is 2.25. The van der Waals surface area contributed by atoms with Crippen LogP contribution in [0.25, 0.3) is 0 Å². The first-order chi connectivity index (χ1) is 8.40. The number of benzene rings is 1. The summed E-state index contributed by atoms with van der Waals surface area (Å²) >= 11 is 11.6. The van der Waals surface area contributed by atoms with E-state index in [9.17, 15) is 9.59 Å². The van der Waals surface area contributed by atoms with Gasteiger partial charge in [0.25, 0.3) is 0 Å². The second-order valence-corrected chi connectivity index (χ2v) is 4.52. The summed E-state index contributed by atoms with van der Waals surface area (Å²) < 4.78 is 0. The summed E-state index contributed by atoms with van der Waals surface area (Å²) in [5, 5.41) is 5.74. The van der Waals surface area contributed by atoms with Gasteiger partial charge in [0.1, 0.15) is 0 Å². The van der Waals surface area contributed by atoms with Crippen LogP contribution < -0.4 is 16.4 Å². The van der Waals surface area contributed by atoms with E-state index in [1.165, 1.54) is 13.0 Å². The molecule has 0 aliphatic carbocycles. The number of amides is 2. The Kier molecular flexibility index (Phi) is 7.78. The first-order valence-corrected chi connectivity index (χ1v) is 5.94. The van der Waals surface area contributed by atoms with Gasteiger partial charge in [-0.1, -0.05) is 23.2 Å². The molecular weight excluding hydrogens is 312 g/mol. The van der Waals surface area contributed by atoms with Crippen LogP contribution in [0, 0.1) is 0 Å². The molecule has 0 spiro atoms. The molecule has 0 bridgehead atoms. The summed E-state index contributed by atoms with van der Waals surface area (Å²) in [6.07, 6.45) is 0. The lowest BCUT2D eigenvalue weighted by Gasteiger charge is -2.09. The Bertz CT molecular complexity index is 466. The van der Waals surface area contributed by atoms with Crippen LogP contribution in [0.5, 0.6) is 0 Å². The summed E-state index contributed by atoms with van der Waals surface area (Å²) in [6.45, 7) is 1.35. The van der Waals surface area contributed by atoms with E-state index in [1.807, 2.05) is 0 Å². The molecule has 4 N–H and O–H groups in total. The SMILES string of the molecule is C[C@H](N)C(=O)NCC(=O)Nc1cc(Cl)ccc1Cl.Cl. The van der Waals surface area contributed by atoms with E-state index in [2.05, 4.69) is 10.6 Å². The van der Waals surface area contributed by atoms with Gasteiger partial charge in [-0.05, 0) is 25.1 Å². The van der Waals surface area contributed by atoms with Gasteiger partial charge in [0, 0.05) is 5.02 Å². The fourth-order valence-corrected chi connectivity index (χ4v) is 1.45. The third-order valence-corrected chi connectivity index (χ3v) is 2.60. The zero-order chi connectivity index (χ0) is 13.7. The van der Waals surface area contributed by atoms with Gasteiger partial charge in [0.15, 0.2) is 0 Å². The Morgan fingerprint density at radius 1 is 1.37 bits per heavy atom. The molecular formula is C11H14Cl3N3O2. The lowest BCUT2D eigenvalue weighted by molar-refractivity contribution is -0.124. The molecule has 0 radical (unpaired) electrons. The van der Waals surface area contributed by atoms with E-state index in [1.54, 1.807) is 12.1 Å². The molecule has 0 saturated heterocycles. The molecule has 0 aliphatic rings. The van der Waals surface area contributed by atoms with Crippen LogP contribution in [0.4, 0.5) is 5.69 Å². The molecule has 8 heteroatoms. The van der Waals surface area contributed by atoms with Crippen molar-refractivity contribution in [3.63, 3.8) is 0 Å². The number of carbonyl (C=O) groups is 2. The predicted octanol–water partition coefficient (Wildman–Crippen LogP) is 1.82. The van der Waals surface area contributed by atoms with Crippen molar-refractivity contribution in [1.29, 1.82) is 0 Å². The van der Waals surface area contributed by atoms with E-state index >= 15 is 0 Å². The molecule has 1 rings (SSSR count). The highest BCUT2D eigenvalue weighted by Gasteiger charge is 2.10. The van der Waals surface area contributed by atoms with Gasteiger partial charge in [-0.15, -0.1) is 12.4 Å². The number of hydrogen-bond acceptors (Lipinski definition) is 3. The Morgan fingerprint density at radius 2 is 2.00 bits per heavy atom. The van der Waals surface area contributed by atoms with Gasteiger partial charge in [-0.2, -0.15) is 0 Å². The zero-order valence-corrected chi connectivity index (χ0v) is 12.4. The van der Waals surface area contributed by atoms with E-state index in [-0.39, 0.29) is 19.0 Å². The van der Waals surface area contributed by atoms with E-state index < -0.39 is 17.9 Å². The molecule has 2 amide bonds. The highest BCUT2D eigenvalue weighted by molar-refractivity contribution is 6.35. The Labute approximate surface area is 127 Å². The van der Waals surface area contributed by atoms with Crippen molar-refractivity contribution in [3.05, 3.63) is 28.2 Å². The monoisotopic (exact) mass is 325 g/mol. The van der Waals surface area contributed by atoms with E-state index in [0.717, 1.165) is 0 Å². The number of rotatable bonds is 4. The van der Waals surface area contributed by atoms with Gasteiger partial charge < -0.3 is 16.4 Å². The number of hydrogen-bond donors (Lipinski definition) is 3. The van der Waals surface area contributed by atoms with Crippen molar-refractivity contribution >= 4 is 53.1 Å². The van der Waals surface area contributed by atoms with Crippen LogP contribution in [0.3, 0.4) is 0 Å². The van der Waals surface area contributed by atoms with Crippen LogP contribution in [0.15, 0.2) is 18.2 Å². The second kappa shape index (κ2) is 8.22. The Hall–Kier alpha value is -1.01. The normalized spacial score (nSPS) is 11.2.